The normalized spacial score (nSPS) is 10.1. The summed E-state index contributed by atoms with van der Waals surface area (Å²) < 4.78 is 7.10. The molecule has 1 N–H and O–H groups in total. The molecule has 1 amide bonds. The molecule has 18 heavy (non-hydrogen) atoms. The summed E-state index contributed by atoms with van der Waals surface area (Å²) in [4.78, 5) is 11.9. The van der Waals surface area contributed by atoms with Gasteiger partial charge in [0.1, 0.15) is 5.75 Å². The Hall–Kier alpha value is -2.23. The van der Waals surface area contributed by atoms with Crippen molar-refractivity contribution in [2.75, 3.05) is 13.7 Å². The van der Waals surface area contributed by atoms with Crippen LogP contribution in [0.3, 0.4) is 0 Å². The van der Waals surface area contributed by atoms with Gasteiger partial charge in [0.2, 0.25) is 0 Å². The minimum atomic E-state index is -0.0824. The fraction of sp³-hybridized carbons (Fsp3) is 0.214. The summed E-state index contributed by atoms with van der Waals surface area (Å²) in [5.41, 5.74) is 0.613. The van der Waals surface area contributed by atoms with E-state index in [0.717, 1.165) is 6.54 Å². The van der Waals surface area contributed by atoms with Crippen molar-refractivity contribution in [3.05, 3.63) is 54.4 Å². The molecule has 0 atom stereocenters. The quantitative estimate of drug-likeness (QED) is 0.873. The highest BCUT2D eigenvalue weighted by Crippen LogP contribution is 2.12. The van der Waals surface area contributed by atoms with Gasteiger partial charge in [0.25, 0.3) is 5.91 Å². The van der Waals surface area contributed by atoms with Crippen LogP contribution in [0.5, 0.6) is 5.75 Å². The standard InChI is InChI=1S/C14H16N2O2/c1-18-13-6-4-5-12(11-13)14(17)15-7-10-16-8-2-3-9-16/h2-6,8-9,11H,7,10H2,1H3,(H,15,17). The van der Waals surface area contributed by atoms with E-state index in [9.17, 15) is 4.79 Å². The van der Waals surface area contributed by atoms with Gasteiger partial charge in [-0.15, -0.1) is 0 Å². The second kappa shape index (κ2) is 5.91. The molecule has 2 rings (SSSR count). The minimum Gasteiger partial charge on any atom is -0.497 e. The summed E-state index contributed by atoms with van der Waals surface area (Å²) in [6.07, 6.45) is 3.94. The molecular weight excluding hydrogens is 228 g/mol. The van der Waals surface area contributed by atoms with Crippen molar-refractivity contribution < 1.29 is 9.53 Å². The summed E-state index contributed by atoms with van der Waals surface area (Å²) in [7, 11) is 1.59. The van der Waals surface area contributed by atoms with Crippen LogP contribution in [0.15, 0.2) is 48.8 Å². The van der Waals surface area contributed by atoms with Gasteiger partial charge in [-0.25, -0.2) is 0 Å². The number of aromatic nitrogens is 1. The molecule has 0 saturated heterocycles. The van der Waals surface area contributed by atoms with E-state index in [0.29, 0.717) is 17.9 Å². The van der Waals surface area contributed by atoms with Crippen LogP contribution in [-0.4, -0.2) is 24.1 Å². The summed E-state index contributed by atoms with van der Waals surface area (Å²) in [5.74, 6) is 0.606. The Balaban J connectivity index is 1.87. The molecule has 0 saturated carbocycles. The molecule has 0 radical (unpaired) electrons. The first kappa shape index (κ1) is 12.2. The summed E-state index contributed by atoms with van der Waals surface area (Å²) >= 11 is 0. The number of rotatable bonds is 5. The Morgan fingerprint density at radius 2 is 2.06 bits per heavy atom. The van der Waals surface area contributed by atoms with Crippen LogP contribution in [-0.2, 0) is 6.54 Å². The maximum absolute atomic E-state index is 11.9. The number of nitrogens with zero attached hydrogens (tertiary/aromatic N) is 1. The van der Waals surface area contributed by atoms with E-state index in [1.165, 1.54) is 0 Å². The van der Waals surface area contributed by atoms with Crippen molar-refractivity contribution in [1.29, 1.82) is 0 Å². The number of hydrogen-bond donors (Lipinski definition) is 1. The number of methoxy groups -OCH3 is 1. The van der Waals surface area contributed by atoms with E-state index in [1.54, 1.807) is 25.3 Å². The van der Waals surface area contributed by atoms with E-state index in [4.69, 9.17) is 4.74 Å². The van der Waals surface area contributed by atoms with E-state index in [2.05, 4.69) is 5.32 Å². The zero-order chi connectivity index (χ0) is 12.8. The highest BCUT2D eigenvalue weighted by atomic mass is 16.5. The Labute approximate surface area is 106 Å². The maximum Gasteiger partial charge on any atom is 0.251 e. The SMILES string of the molecule is COc1cccc(C(=O)NCCn2cccc2)c1. The molecule has 0 aliphatic rings. The summed E-state index contributed by atoms with van der Waals surface area (Å²) in [6.45, 7) is 1.37. The van der Waals surface area contributed by atoms with Crippen molar-refractivity contribution in [1.82, 2.24) is 9.88 Å². The smallest absolute Gasteiger partial charge is 0.251 e. The first-order valence-electron chi connectivity index (χ1n) is 5.82. The largest absolute Gasteiger partial charge is 0.497 e. The molecule has 94 valence electrons. The predicted octanol–water partition coefficient (Wildman–Crippen LogP) is 1.93. The molecule has 0 unspecified atom stereocenters. The monoisotopic (exact) mass is 244 g/mol. The Morgan fingerprint density at radius 3 is 2.78 bits per heavy atom. The van der Waals surface area contributed by atoms with Gasteiger partial charge in [0, 0.05) is 31.0 Å². The van der Waals surface area contributed by atoms with Crippen LogP contribution in [0.25, 0.3) is 0 Å². The number of ether oxygens (including phenoxy) is 1. The van der Waals surface area contributed by atoms with Crippen LogP contribution in [0.1, 0.15) is 10.4 Å². The van der Waals surface area contributed by atoms with Gasteiger partial charge in [-0.3, -0.25) is 4.79 Å². The lowest BCUT2D eigenvalue weighted by atomic mass is 10.2. The van der Waals surface area contributed by atoms with Gasteiger partial charge in [-0.05, 0) is 30.3 Å². The summed E-state index contributed by atoms with van der Waals surface area (Å²) in [6, 6.07) is 11.0. The van der Waals surface area contributed by atoms with Crippen molar-refractivity contribution in [2.24, 2.45) is 0 Å². The van der Waals surface area contributed by atoms with Crippen molar-refractivity contribution in [3.8, 4) is 5.75 Å². The average Bonchev–Trinajstić information content (AvgIpc) is 2.92. The molecule has 0 fully saturated rings. The number of amides is 1. The maximum atomic E-state index is 11.9. The molecule has 4 nitrogen and oxygen atoms in total. The third kappa shape index (κ3) is 3.13. The predicted molar refractivity (Wildman–Crippen MR) is 69.8 cm³/mol. The highest BCUT2D eigenvalue weighted by Gasteiger charge is 2.05. The highest BCUT2D eigenvalue weighted by molar-refractivity contribution is 5.94. The van der Waals surface area contributed by atoms with Gasteiger partial charge < -0.3 is 14.6 Å². The lowest BCUT2D eigenvalue weighted by Gasteiger charge is -2.07. The fourth-order valence-corrected chi connectivity index (χ4v) is 1.68. The molecular formula is C14H16N2O2. The van der Waals surface area contributed by atoms with Gasteiger partial charge in [0.15, 0.2) is 0 Å². The Bertz CT molecular complexity index is 506. The van der Waals surface area contributed by atoms with Gasteiger partial charge in [-0.2, -0.15) is 0 Å². The molecule has 4 heteroatoms. The van der Waals surface area contributed by atoms with E-state index in [-0.39, 0.29) is 5.91 Å². The number of hydrogen-bond acceptors (Lipinski definition) is 2. The minimum absolute atomic E-state index is 0.0824. The third-order valence-corrected chi connectivity index (χ3v) is 2.65. The zero-order valence-corrected chi connectivity index (χ0v) is 10.3. The Morgan fingerprint density at radius 1 is 1.28 bits per heavy atom. The molecule has 1 aromatic heterocycles. The molecule has 0 aliphatic heterocycles. The second-order valence-corrected chi connectivity index (χ2v) is 3.91. The van der Waals surface area contributed by atoms with E-state index < -0.39 is 0 Å². The summed E-state index contributed by atoms with van der Waals surface area (Å²) in [5, 5.41) is 2.87. The number of benzene rings is 1. The topological polar surface area (TPSA) is 43.3 Å². The first-order chi connectivity index (χ1) is 8.79. The number of carbonyl (C=O) groups excluding carboxylic acids is 1. The average molecular weight is 244 g/mol. The number of carbonyl (C=O) groups is 1. The van der Waals surface area contributed by atoms with Crippen molar-refractivity contribution >= 4 is 5.91 Å². The molecule has 2 aromatic rings. The first-order valence-corrected chi connectivity index (χ1v) is 5.82. The molecule has 0 bridgehead atoms. The van der Waals surface area contributed by atoms with Crippen LogP contribution in [0, 0.1) is 0 Å². The van der Waals surface area contributed by atoms with Crippen LogP contribution >= 0.6 is 0 Å². The Kier molecular flexibility index (Phi) is 4.02. The van der Waals surface area contributed by atoms with E-state index in [1.807, 2.05) is 35.2 Å². The second-order valence-electron chi connectivity index (χ2n) is 3.91. The van der Waals surface area contributed by atoms with Crippen LogP contribution in [0.2, 0.25) is 0 Å². The van der Waals surface area contributed by atoms with Gasteiger partial charge in [0.05, 0.1) is 7.11 Å². The fourth-order valence-electron chi connectivity index (χ4n) is 1.68. The third-order valence-electron chi connectivity index (χ3n) is 2.65. The van der Waals surface area contributed by atoms with Gasteiger partial charge >= 0.3 is 0 Å². The molecule has 0 aliphatic carbocycles. The van der Waals surface area contributed by atoms with E-state index >= 15 is 0 Å². The lowest BCUT2D eigenvalue weighted by molar-refractivity contribution is 0.0952. The number of nitrogens with one attached hydrogen (secondary N) is 1. The van der Waals surface area contributed by atoms with Gasteiger partial charge in [-0.1, -0.05) is 6.07 Å². The van der Waals surface area contributed by atoms with Crippen molar-refractivity contribution in [2.45, 2.75) is 6.54 Å². The lowest BCUT2D eigenvalue weighted by Crippen LogP contribution is -2.26. The van der Waals surface area contributed by atoms with Crippen LogP contribution in [0.4, 0.5) is 0 Å². The molecule has 0 spiro atoms. The molecule has 1 aromatic carbocycles. The zero-order valence-electron chi connectivity index (χ0n) is 10.3. The van der Waals surface area contributed by atoms with Crippen molar-refractivity contribution in [3.63, 3.8) is 0 Å². The van der Waals surface area contributed by atoms with Crippen LogP contribution < -0.4 is 10.1 Å². The molecule has 1 heterocycles.